The third-order valence-electron chi connectivity index (χ3n) is 4.42. The van der Waals surface area contributed by atoms with Gasteiger partial charge in [-0.15, -0.1) is 0 Å². The topological polar surface area (TPSA) is 77.5 Å². The number of ketones is 2. The van der Waals surface area contributed by atoms with Crippen molar-refractivity contribution in [1.82, 2.24) is 0 Å². The molecule has 134 valence electrons. The molecule has 0 aromatic heterocycles. The summed E-state index contributed by atoms with van der Waals surface area (Å²) in [5, 5.41) is 0. The number of hydrogen-bond donors (Lipinski definition) is 0. The zero-order valence-electron chi connectivity index (χ0n) is 14.3. The molecule has 0 spiro atoms. The molecule has 1 aliphatic carbocycles. The first-order valence-electron chi connectivity index (χ1n) is 8.21. The first-order valence-corrected chi connectivity index (χ1v) is 9.62. The minimum atomic E-state index is -4.15. The third-order valence-corrected chi connectivity index (χ3v) is 5.67. The predicted molar refractivity (Wildman–Crippen MR) is 98.7 cm³/mol. The first-order chi connectivity index (χ1) is 12.9. The molecule has 0 N–H and O–H groups in total. The molecule has 27 heavy (non-hydrogen) atoms. The molecule has 0 aliphatic heterocycles. The van der Waals surface area contributed by atoms with Crippen LogP contribution in [0.3, 0.4) is 0 Å². The van der Waals surface area contributed by atoms with Crippen LogP contribution < -0.4 is 4.18 Å². The lowest BCUT2D eigenvalue weighted by Gasteiger charge is -2.19. The minimum Gasteiger partial charge on any atom is -0.378 e. The summed E-state index contributed by atoms with van der Waals surface area (Å²) in [6.07, 6.45) is 0. The molecule has 0 saturated carbocycles. The van der Waals surface area contributed by atoms with E-state index in [9.17, 15) is 18.0 Å². The monoisotopic (exact) mass is 378 g/mol. The van der Waals surface area contributed by atoms with E-state index < -0.39 is 15.9 Å². The Bertz CT molecular complexity index is 1190. The number of aryl methyl sites for hydroxylation is 1. The number of rotatable bonds is 3. The minimum absolute atomic E-state index is 0.0271. The van der Waals surface area contributed by atoms with E-state index in [0.29, 0.717) is 5.56 Å². The van der Waals surface area contributed by atoms with Crippen molar-refractivity contribution in [3.05, 3.63) is 94.5 Å². The maximum Gasteiger partial charge on any atom is 0.339 e. The average molecular weight is 378 g/mol. The van der Waals surface area contributed by atoms with Crippen molar-refractivity contribution in [2.75, 3.05) is 0 Å². The fraction of sp³-hybridized carbons (Fsp3) is 0.0476. The van der Waals surface area contributed by atoms with Crippen LogP contribution in [0.5, 0.6) is 5.75 Å². The van der Waals surface area contributed by atoms with E-state index in [4.69, 9.17) is 4.18 Å². The highest BCUT2D eigenvalue weighted by atomic mass is 32.2. The molecule has 0 bridgehead atoms. The van der Waals surface area contributed by atoms with Gasteiger partial charge in [0.2, 0.25) is 0 Å². The van der Waals surface area contributed by atoms with Gasteiger partial charge in [-0.2, -0.15) is 8.42 Å². The Hall–Kier alpha value is -3.25. The quantitative estimate of drug-likeness (QED) is 0.510. The number of carbonyl (C=O) groups is 2. The molecular weight excluding hydrogens is 364 g/mol. The molecule has 5 nitrogen and oxygen atoms in total. The predicted octanol–water partition coefficient (Wildman–Crippen LogP) is 3.54. The summed E-state index contributed by atoms with van der Waals surface area (Å²) in [6, 6.07) is 17.0. The molecule has 6 heteroatoms. The van der Waals surface area contributed by atoms with Gasteiger partial charge in [-0.1, -0.05) is 54.1 Å². The van der Waals surface area contributed by atoms with Gasteiger partial charge in [-0.3, -0.25) is 9.59 Å². The SMILES string of the molecule is Cc1ccc(S(=O)(=O)Oc2cccc3c2C(=O)c2ccccc2C3=O)cc1. The van der Waals surface area contributed by atoms with E-state index in [1.165, 1.54) is 30.3 Å². The largest absolute Gasteiger partial charge is 0.378 e. The van der Waals surface area contributed by atoms with Crippen molar-refractivity contribution in [2.24, 2.45) is 0 Å². The molecule has 0 unspecified atom stereocenters. The Labute approximate surface area is 156 Å². The Kier molecular flexibility index (Phi) is 3.93. The normalized spacial score (nSPS) is 13.1. The lowest BCUT2D eigenvalue weighted by atomic mass is 9.84. The van der Waals surface area contributed by atoms with Crippen molar-refractivity contribution < 1.29 is 22.2 Å². The zero-order valence-corrected chi connectivity index (χ0v) is 15.1. The smallest absolute Gasteiger partial charge is 0.339 e. The molecule has 0 fully saturated rings. The van der Waals surface area contributed by atoms with E-state index in [-0.39, 0.29) is 33.1 Å². The Balaban J connectivity index is 1.82. The summed E-state index contributed by atoms with van der Waals surface area (Å²) in [6.45, 7) is 1.84. The molecule has 1 aliphatic rings. The van der Waals surface area contributed by atoms with Crippen LogP contribution in [0.4, 0.5) is 0 Å². The summed E-state index contributed by atoms with van der Waals surface area (Å²) in [5.74, 6) is -0.922. The fourth-order valence-corrected chi connectivity index (χ4v) is 4.00. The maximum absolute atomic E-state index is 12.9. The second kappa shape index (κ2) is 6.17. The number of fused-ring (bicyclic) bond motifs is 2. The number of benzene rings is 3. The van der Waals surface area contributed by atoms with Gasteiger partial charge in [0.05, 0.1) is 5.56 Å². The van der Waals surface area contributed by atoms with Crippen LogP contribution in [0.1, 0.15) is 37.4 Å². The van der Waals surface area contributed by atoms with Gasteiger partial charge < -0.3 is 4.18 Å². The van der Waals surface area contributed by atoms with Gasteiger partial charge in [-0.05, 0) is 25.1 Å². The molecule has 0 amide bonds. The van der Waals surface area contributed by atoms with Crippen LogP contribution in [-0.4, -0.2) is 20.0 Å². The van der Waals surface area contributed by atoms with Crippen LogP contribution in [0.2, 0.25) is 0 Å². The van der Waals surface area contributed by atoms with Gasteiger partial charge in [0, 0.05) is 16.7 Å². The lowest BCUT2D eigenvalue weighted by Crippen LogP contribution is -2.22. The second-order valence-corrected chi connectivity index (χ2v) is 7.78. The van der Waals surface area contributed by atoms with Crippen molar-refractivity contribution in [3.63, 3.8) is 0 Å². The molecule has 0 heterocycles. The van der Waals surface area contributed by atoms with E-state index in [2.05, 4.69) is 0 Å². The van der Waals surface area contributed by atoms with Crippen molar-refractivity contribution in [2.45, 2.75) is 11.8 Å². The highest BCUT2D eigenvalue weighted by molar-refractivity contribution is 7.87. The molecule has 3 aromatic carbocycles. The van der Waals surface area contributed by atoms with Crippen molar-refractivity contribution >= 4 is 21.7 Å². The highest BCUT2D eigenvalue weighted by Crippen LogP contribution is 2.34. The van der Waals surface area contributed by atoms with Gasteiger partial charge in [0.15, 0.2) is 17.3 Å². The number of carbonyl (C=O) groups excluding carboxylic acids is 2. The van der Waals surface area contributed by atoms with Gasteiger partial charge in [0.25, 0.3) is 0 Å². The standard InChI is InChI=1S/C21H14O5S/c1-13-9-11-14(12-10-13)27(24,25)26-18-8-4-7-17-19(18)21(23)16-6-3-2-5-15(16)20(17)22/h2-12H,1H3. The van der Waals surface area contributed by atoms with Gasteiger partial charge in [-0.25, -0.2) is 0 Å². The summed E-state index contributed by atoms with van der Waals surface area (Å²) < 4.78 is 30.5. The van der Waals surface area contributed by atoms with E-state index in [0.717, 1.165) is 5.56 Å². The van der Waals surface area contributed by atoms with Crippen LogP contribution in [0.25, 0.3) is 0 Å². The fourth-order valence-electron chi connectivity index (χ4n) is 3.05. The molecule has 4 rings (SSSR count). The van der Waals surface area contributed by atoms with Gasteiger partial charge >= 0.3 is 10.1 Å². The summed E-state index contributed by atoms with van der Waals surface area (Å²) >= 11 is 0. The highest BCUT2D eigenvalue weighted by Gasteiger charge is 2.33. The molecule has 0 saturated heterocycles. The third kappa shape index (κ3) is 2.84. The van der Waals surface area contributed by atoms with Gasteiger partial charge in [0.1, 0.15) is 4.90 Å². The average Bonchev–Trinajstić information content (AvgIpc) is 2.66. The van der Waals surface area contributed by atoms with Crippen LogP contribution >= 0.6 is 0 Å². The summed E-state index contributed by atoms with van der Waals surface area (Å²) in [5.41, 5.74) is 1.54. The Morgan fingerprint density at radius 2 is 1.30 bits per heavy atom. The first kappa shape index (κ1) is 17.2. The van der Waals surface area contributed by atoms with Crippen molar-refractivity contribution in [1.29, 1.82) is 0 Å². The van der Waals surface area contributed by atoms with E-state index >= 15 is 0 Å². The summed E-state index contributed by atoms with van der Waals surface area (Å²) in [4.78, 5) is 25.6. The summed E-state index contributed by atoms with van der Waals surface area (Å²) in [7, 11) is -4.15. The molecule has 0 radical (unpaired) electrons. The Morgan fingerprint density at radius 1 is 0.704 bits per heavy atom. The number of hydrogen-bond acceptors (Lipinski definition) is 5. The maximum atomic E-state index is 12.9. The van der Waals surface area contributed by atoms with Crippen LogP contribution in [-0.2, 0) is 10.1 Å². The molecule has 3 aromatic rings. The van der Waals surface area contributed by atoms with E-state index in [1.54, 1.807) is 36.4 Å². The van der Waals surface area contributed by atoms with E-state index in [1.807, 2.05) is 6.92 Å². The second-order valence-electron chi connectivity index (χ2n) is 6.23. The molecular formula is C21H14O5S. The van der Waals surface area contributed by atoms with Crippen LogP contribution in [0, 0.1) is 6.92 Å². The van der Waals surface area contributed by atoms with Crippen LogP contribution in [0.15, 0.2) is 71.6 Å². The lowest BCUT2D eigenvalue weighted by molar-refractivity contribution is 0.0977. The van der Waals surface area contributed by atoms with Crippen molar-refractivity contribution in [3.8, 4) is 5.75 Å². The Morgan fingerprint density at radius 3 is 1.96 bits per heavy atom. The molecule has 0 atom stereocenters. The zero-order chi connectivity index (χ0) is 19.2.